The van der Waals surface area contributed by atoms with Crippen LogP contribution in [0.5, 0.6) is 5.75 Å². The topological polar surface area (TPSA) is 217 Å². The van der Waals surface area contributed by atoms with Crippen LogP contribution in [0.25, 0.3) is 0 Å². The Kier molecular flexibility index (Phi) is 14.4. The number of hydrogen-bond acceptors (Lipinski definition) is 11. The summed E-state index contributed by atoms with van der Waals surface area (Å²) in [6, 6.07) is 1.96. The first-order valence-electron chi connectivity index (χ1n) is 14.7. The molecule has 1 aromatic heterocycles. The zero-order chi connectivity index (χ0) is 34.4. The van der Waals surface area contributed by atoms with Crippen LogP contribution in [-0.4, -0.2) is 89.0 Å². The lowest BCUT2D eigenvalue weighted by Crippen LogP contribution is -2.57. The number of carbonyl (C=O) groups is 6. The van der Waals surface area contributed by atoms with Crippen molar-refractivity contribution in [2.75, 3.05) is 18.4 Å². The number of ether oxygens (including phenoxy) is 1. The number of aldehydes is 1. The van der Waals surface area contributed by atoms with E-state index in [9.17, 15) is 33.9 Å². The Bertz CT molecular complexity index is 1360. The Morgan fingerprint density at radius 2 is 1.43 bits per heavy atom. The molecule has 5 amide bonds. The zero-order valence-electron chi connectivity index (χ0n) is 26.8. The van der Waals surface area contributed by atoms with Gasteiger partial charge in [0.2, 0.25) is 23.6 Å². The second-order valence-electron chi connectivity index (χ2n) is 11.5. The first-order chi connectivity index (χ1) is 21.6. The van der Waals surface area contributed by atoms with E-state index in [-0.39, 0.29) is 12.2 Å². The number of phenolic OH excluding ortho intramolecular Hbond substituents is 1. The molecule has 2 aromatic rings. The van der Waals surface area contributed by atoms with Gasteiger partial charge in [0.1, 0.15) is 35.5 Å². The lowest BCUT2D eigenvalue weighted by Gasteiger charge is -2.25. The van der Waals surface area contributed by atoms with E-state index in [0.717, 1.165) is 6.29 Å². The van der Waals surface area contributed by atoms with Crippen LogP contribution in [0.3, 0.4) is 0 Å². The molecule has 0 aliphatic carbocycles. The van der Waals surface area contributed by atoms with Gasteiger partial charge in [-0.25, -0.2) is 9.78 Å². The summed E-state index contributed by atoms with van der Waals surface area (Å²) in [4.78, 5) is 78.7. The molecule has 15 nitrogen and oxygen atoms in total. The van der Waals surface area contributed by atoms with E-state index >= 15 is 0 Å². The molecule has 7 N–H and O–H groups in total. The van der Waals surface area contributed by atoms with E-state index in [1.54, 1.807) is 32.9 Å². The largest absolute Gasteiger partial charge is 0.508 e. The summed E-state index contributed by atoms with van der Waals surface area (Å²) in [5.41, 5.74) is -0.175. The Morgan fingerprint density at radius 1 is 0.870 bits per heavy atom. The molecule has 0 spiro atoms. The number of thiazole rings is 1. The molecular formula is C30H43N7O8S. The molecule has 0 radical (unpaired) electrons. The molecule has 4 atom stereocenters. The van der Waals surface area contributed by atoms with Crippen molar-refractivity contribution in [2.24, 2.45) is 0 Å². The maximum absolute atomic E-state index is 13.1. The monoisotopic (exact) mass is 661 g/mol. The second-order valence-corrected chi connectivity index (χ2v) is 12.6. The van der Waals surface area contributed by atoms with Crippen LogP contribution < -0.4 is 31.9 Å². The summed E-state index contributed by atoms with van der Waals surface area (Å²) in [7, 11) is 0. The highest BCUT2D eigenvalue weighted by Crippen LogP contribution is 2.16. The Labute approximate surface area is 271 Å². The predicted octanol–water partition coefficient (Wildman–Crippen LogP) is 1.23. The fourth-order valence-corrected chi connectivity index (χ4v) is 4.44. The predicted molar refractivity (Wildman–Crippen MR) is 171 cm³/mol. The molecule has 2 rings (SSSR count). The van der Waals surface area contributed by atoms with Gasteiger partial charge < -0.3 is 41.7 Å². The number of alkyl carbamates (subject to hydrolysis) is 1. The standard InChI is InChI=1S/C30H43N7O8S/c1-17(24(40)31-12-7-13-32-28-33-15-22(16-38)46-28)34-25(41)18(2)35-26(42)19(3)36-27(43)23(37-29(44)45-30(4,5)6)14-20-8-10-21(39)11-9-20/h8-11,15-19,23,39H,7,12-14H2,1-6H3,(H,31,40)(H,32,33)(H,34,41)(H,35,42)(H,36,43)(H,37,44)/t17-,18-,19-,23-/m0/s1. The van der Waals surface area contributed by atoms with Crippen molar-refractivity contribution in [3.8, 4) is 5.75 Å². The van der Waals surface area contributed by atoms with Gasteiger partial charge in [0, 0.05) is 19.5 Å². The maximum Gasteiger partial charge on any atom is 0.408 e. The van der Waals surface area contributed by atoms with Crippen molar-refractivity contribution in [3.63, 3.8) is 0 Å². The molecule has 0 saturated carbocycles. The average molecular weight is 662 g/mol. The molecule has 0 saturated heterocycles. The summed E-state index contributed by atoms with van der Waals surface area (Å²) < 4.78 is 5.27. The van der Waals surface area contributed by atoms with E-state index < -0.39 is 59.5 Å². The fraction of sp³-hybridized carbons (Fsp3) is 0.500. The first kappa shape index (κ1) is 37.5. The molecule has 0 unspecified atom stereocenters. The van der Waals surface area contributed by atoms with Gasteiger partial charge >= 0.3 is 6.09 Å². The second kappa shape index (κ2) is 17.7. The van der Waals surface area contributed by atoms with Gasteiger partial charge in [-0.05, 0) is 65.7 Å². The Morgan fingerprint density at radius 3 is 1.98 bits per heavy atom. The normalized spacial score (nSPS) is 13.6. The van der Waals surface area contributed by atoms with Crippen LogP contribution in [0, 0.1) is 0 Å². The third-order valence-electron chi connectivity index (χ3n) is 6.21. The van der Waals surface area contributed by atoms with E-state index in [4.69, 9.17) is 4.74 Å². The highest BCUT2D eigenvalue weighted by atomic mass is 32.1. The molecule has 0 bridgehead atoms. The van der Waals surface area contributed by atoms with Gasteiger partial charge in [0.25, 0.3) is 0 Å². The molecule has 46 heavy (non-hydrogen) atoms. The quantitative estimate of drug-likeness (QED) is 0.101. The van der Waals surface area contributed by atoms with E-state index in [0.29, 0.717) is 35.1 Å². The number of rotatable bonds is 16. The van der Waals surface area contributed by atoms with E-state index in [1.807, 2.05) is 0 Å². The van der Waals surface area contributed by atoms with Crippen molar-refractivity contribution in [2.45, 2.75) is 84.2 Å². The zero-order valence-corrected chi connectivity index (χ0v) is 27.6. The molecule has 1 aromatic carbocycles. The van der Waals surface area contributed by atoms with Crippen LogP contribution in [0.2, 0.25) is 0 Å². The van der Waals surface area contributed by atoms with E-state index in [2.05, 4.69) is 36.9 Å². The smallest absolute Gasteiger partial charge is 0.408 e. The molecule has 1 heterocycles. The van der Waals surface area contributed by atoms with Crippen LogP contribution in [0.4, 0.5) is 9.93 Å². The highest BCUT2D eigenvalue weighted by Gasteiger charge is 2.28. The van der Waals surface area contributed by atoms with Crippen molar-refractivity contribution in [1.82, 2.24) is 31.6 Å². The molecule has 252 valence electrons. The molecular weight excluding hydrogens is 618 g/mol. The number of benzene rings is 1. The van der Waals surface area contributed by atoms with Gasteiger partial charge in [-0.15, -0.1) is 0 Å². The molecule has 0 fully saturated rings. The summed E-state index contributed by atoms with van der Waals surface area (Å²) in [6.45, 7) is 10.2. The molecule has 0 aliphatic heterocycles. The molecule has 16 heteroatoms. The Balaban J connectivity index is 1.83. The number of nitrogens with zero attached hydrogens (tertiary/aromatic N) is 1. The Hall–Kier alpha value is -4.73. The lowest BCUT2D eigenvalue weighted by atomic mass is 10.0. The van der Waals surface area contributed by atoms with Crippen LogP contribution in [-0.2, 0) is 30.3 Å². The number of phenols is 1. The number of carbonyl (C=O) groups excluding carboxylic acids is 6. The van der Waals surface area contributed by atoms with Crippen LogP contribution in [0.15, 0.2) is 30.5 Å². The van der Waals surface area contributed by atoms with Gasteiger partial charge in [-0.1, -0.05) is 23.5 Å². The number of aromatic nitrogens is 1. The lowest BCUT2D eigenvalue weighted by molar-refractivity contribution is -0.133. The first-order valence-corrected chi connectivity index (χ1v) is 15.5. The van der Waals surface area contributed by atoms with Crippen molar-refractivity contribution in [1.29, 1.82) is 0 Å². The number of aromatic hydroxyl groups is 1. The summed E-state index contributed by atoms with van der Waals surface area (Å²) in [6.07, 6.45) is 1.98. The third-order valence-corrected chi connectivity index (χ3v) is 7.09. The number of amides is 5. The minimum Gasteiger partial charge on any atom is -0.508 e. The number of anilines is 1. The minimum atomic E-state index is -1.12. The van der Waals surface area contributed by atoms with E-state index in [1.165, 1.54) is 50.4 Å². The summed E-state index contributed by atoms with van der Waals surface area (Å²) in [5, 5.41) is 26.0. The SMILES string of the molecule is C[C@H](NC(=O)[C@H](C)NC(=O)[C@H](C)NC(=O)[C@H](Cc1ccc(O)cc1)NC(=O)OC(C)(C)C)C(=O)NCCCNc1ncc(C=O)s1. The fourth-order valence-electron chi connectivity index (χ4n) is 3.79. The van der Waals surface area contributed by atoms with Crippen molar-refractivity contribution < 1.29 is 38.6 Å². The van der Waals surface area contributed by atoms with Crippen molar-refractivity contribution >= 4 is 52.5 Å². The van der Waals surface area contributed by atoms with Gasteiger partial charge in [0.15, 0.2) is 11.4 Å². The third kappa shape index (κ3) is 13.5. The average Bonchev–Trinajstić information content (AvgIpc) is 3.44. The minimum absolute atomic E-state index is 0.0378. The van der Waals surface area contributed by atoms with Gasteiger partial charge in [-0.3, -0.25) is 24.0 Å². The van der Waals surface area contributed by atoms with Crippen molar-refractivity contribution in [3.05, 3.63) is 40.9 Å². The number of nitrogens with one attached hydrogen (secondary N) is 6. The van der Waals surface area contributed by atoms with Gasteiger partial charge in [0.05, 0.1) is 11.1 Å². The van der Waals surface area contributed by atoms with Crippen LogP contribution >= 0.6 is 11.3 Å². The summed E-state index contributed by atoms with van der Waals surface area (Å²) in [5.74, 6) is -2.32. The van der Waals surface area contributed by atoms with Gasteiger partial charge in [-0.2, -0.15) is 0 Å². The maximum atomic E-state index is 13.1. The highest BCUT2D eigenvalue weighted by molar-refractivity contribution is 7.17. The van der Waals surface area contributed by atoms with Crippen LogP contribution in [0.1, 0.15) is 63.2 Å². The molecule has 0 aliphatic rings. The summed E-state index contributed by atoms with van der Waals surface area (Å²) >= 11 is 1.22. The number of hydrogen-bond donors (Lipinski definition) is 7.